The van der Waals surface area contributed by atoms with Crippen LogP contribution < -0.4 is 0 Å². The first-order valence-corrected chi connectivity index (χ1v) is 7.04. The van der Waals surface area contributed by atoms with Crippen LogP contribution in [-0.4, -0.2) is 9.78 Å². The summed E-state index contributed by atoms with van der Waals surface area (Å²) >= 11 is 7.25. The van der Waals surface area contributed by atoms with E-state index in [-0.39, 0.29) is 5.69 Å². The largest absolute Gasteiger partial charge is 0.282 e. The molecule has 0 unspecified atom stereocenters. The van der Waals surface area contributed by atoms with E-state index < -0.39 is 6.43 Å². The lowest BCUT2D eigenvalue weighted by molar-refractivity contribution is 0.145. The molecule has 0 radical (unpaired) electrons. The van der Waals surface area contributed by atoms with Crippen molar-refractivity contribution in [2.24, 2.45) is 0 Å². The fourth-order valence-electron chi connectivity index (χ4n) is 1.90. The van der Waals surface area contributed by atoms with E-state index in [1.54, 1.807) is 12.1 Å². The van der Waals surface area contributed by atoms with E-state index in [1.807, 2.05) is 30.3 Å². The third kappa shape index (κ3) is 2.46. The predicted octanol–water partition coefficient (Wildman–Crippen LogP) is 5.19. The molecule has 0 aliphatic carbocycles. The van der Waals surface area contributed by atoms with Gasteiger partial charge in [-0.3, -0.25) is 0 Å². The van der Waals surface area contributed by atoms with E-state index in [1.165, 1.54) is 22.1 Å². The van der Waals surface area contributed by atoms with Crippen molar-refractivity contribution >= 4 is 22.9 Å². The van der Waals surface area contributed by atoms with Gasteiger partial charge in [0, 0.05) is 0 Å². The molecular formula is C14H9ClF2N2S. The quantitative estimate of drug-likeness (QED) is 0.651. The van der Waals surface area contributed by atoms with Crippen molar-refractivity contribution in [2.45, 2.75) is 6.43 Å². The molecule has 0 saturated heterocycles. The molecule has 2 nitrogen and oxygen atoms in total. The van der Waals surface area contributed by atoms with E-state index in [2.05, 4.69) is 5.10 Å². The van der Waals surface area contributed by atoms with Crippen LogP contribution in [0.15, 0.2) is 48.5 Å². The zero-order valence-corrected chi connectivity index (χ0v) is 11.7. The van der Waals surface area contributed by atoms with Crippen LogP contribution in [0, 0.1) is 0 Å². The average molecular weight is 311 g/mol. The summed E-state index contributed by atoms with van der Waals surface area (Å²) in [5.74, 6) is 0. The summed E-state index contributed by atoms with van der Waals surface area (Å²) in [6, 6.07) is 14.1. The molecule has 2 heterocycles. The minimum Gasteiger partial charge on any atom is -0.232 e. The molecule has 0 aliphatic heterocycles. The molecule has 0 aliphatic rings. The van der Waals surface area contributed by atoms with Crippen molar-refractivity contribution in [1.29, 1.82) is 0 Å². The number of hydrogen-bond donors (Lipinski definition) is 0. The highest BCUT2D eigenvalue weighted by Gasteiger charge is 2.18. The van der Waals surface area contributed by atoms with Crippen LogP contribution in [0.1, 0.15) is 12.1 Å². The number of alkyl halides is 2. The van der Waals surface area contributed by atoms with E-state index in [9.17, 15) is 8.78 Å². The smallest absolute Gasteiger partial charge is 0.232 e. The average Bonchev–Trinajstić information content (AvgIpc) is 3.05. The van der Waals surface area contributed by atoms with Crippen molar-refractivity contribution < 1.29 is 8.78 Å². The van der Waals surface area contributed by atoms with Gasteiger partial charge in [-0.15, -0.1) is 11.3 Å². The first-order chi connectivity index (χ1) is 9.65. The van der Waals surface area contributed by atoms with Crippen molar-refractivity contribution in [1.82, 2.24) is 9.78 Å². The third-order valence-electron chi connectivity index (χ3n) is 2.78. The minimum atomic E-state index is -2.60. The summed E-state index contributed by atoms with van der Waals surface area (Å²) in [6.07, 6.45) is -2.60. The number of rotatable bonds is 3. The molecule has 2 aromatic heterocycles. The normalized spacial score (nSPS) is 11.2. The van der Waals surface area contributed by atoms with Gasteiger partial charge in [0.15, 0.2) is 0 Å². The maximum atomic E-state index is 12.9. The second-order valence-electron chi connectivity index (χ2n) is 4.11. The maximum Gasteiger partial charge on any atom is 0.282 e. The molecule has 1 aromatic carbocycles. The summed E-state index contributed by atoms with van der Waals surface area (Å²) in [5.41, 5.74) is 1.11. The van der Waals surface area contributed by atoms with E-state index >= 15 is 0 Å². The Morgan fingerprint density at radius 3 is 2.45 bits per heavy atom. The summed E-state index contributed by atoms with van der Waals surface area (Å²) in [7, 11) is 0. The highest BCUT2D eigenvalue weighted by Crippen LogP contribution is 2.34. The van der Waals surface area contributed by atoms with Crippen LogP contribution in [-0.2, 0) is 0 Å². The lowest BCUT2D eigenvalue weighted by Gasteiger charge is -2.05. The van der Waals surface area contributed by atoms with Crippen molar-refractivity contribution in [3.63, 3.8) is 0 Å². The Morgan fingerprint density at radius 1 is 1.10 bits per heavy atom. The van der Waals surface area contributed by atoms with Crippen LogP contribution in [0.25, 0.3) is 16.3 Å². The zero-order valence-electron chi connectivity index (χ0n) is 10.1. The van der Waals surface area contributed by atoms with Gasteiger partial charge in [-0.25, -0.2) is 13.5 Å². The Balaban J connectivity index is 2.17. The second kappa shape index (κ2) is 5.34. The summed E-state index contributed by atoms with van der Waals surface area (Å²) in [4.78, 5) is 0.804. The van der Waals surface area contributed by atoms with Gasteiger partial charge in [-0.05, 0) is 30.3 Å². The van der Waals surface area contributed by atoms with E-state index in [0.717, 1.165) is 10.6 Å². The Labute approximate surface area is 123 Å². The first kappa shape index (κ1) is 13.3. The number of hydrogen-bond acceptors (Lipinski definition) is 2. The molecule has 0 atom stereocenters. The SMILES string of the molecule is FC(F)c1cc(-c2ccc(Cl)s2)n(-c2ccccc2)n1. The van der Waals surface area contributed by atoms with Gasteiger partial charge >= 0.3 is 0 Å². The number of aromatic nitrogens is 2. The predicted molar refractivity (Wildman–Crippen MR) is 76.8 cm³/mol. The highest BCUT2D eigenvalue weighted by atomic mass is 35.5. The molecule has 3 aromatic rings. The molecule has 0 bridgehead atoms. The number of nitrogens with zero attached hydrogens (tertiary/aromatic N) is 2. The van der Waals surface area contributed by atoms with Gasteiger partial charge in [-0.1, -0.05) is 29.8 Å². The number of para-hydroxylation sites is 1. The Hall–Kier alpha value is -1.72. The maximum absolute atomic E-state index is 12.9. The van der Waals surface area contributed by atoms with Crippen molar-refractivity contribution in [3.05, 3.63) is 58.6 Å². The van der Waals surface area contributed by atoms with Gasteiger partial charge in [0.2, 0.25) is 0 Å². The molecule has 102 valence electrons. The fourth-order valence-corrected chi connectivity index (χ4v) is 2.94. The molecule has 0 fully saturated rings. The number of halogens is 3. The lowest BCUT2D eigenvalue weighted by Crippen LogP contribution is -1.98. The monoisotopic (exact) mass is 310 g/mol. The van der Waals surface area contributed by atoms with Crippen LogP contribution in [0.2, 0.25) is 4.34 Å². The van der Waals surface area contributed by atoms with Crippen molar-refractivity contribution in [2.75, 3.05) is 0 Å². The molecular weight excluding hydrogens is 302 g/mol. The van der Waals surface area contributed by atoms with Gasteiger partial charge in [-0.2, -0.15) is 5.10 Å². The molecule has 0 amide bonds. The summed E-state index contributed by atoms with van der Waals surface area (Å²) in [5, 5.41) is 4.00. The van der Waals surface area contributed by atoms with E-state index in [0.29, 0.717) is 10.0 Å². The molecule has 0 saturated carbocycles. The molecule has 0 N–H and O–H groups in total. The Bertz CT molecular complexity index is 722. The van der Waals surface area contributed by atoms with E-state index in [4.69, 9.17) is 11.6 Å². The van der Waals surface area contributed by atoms with Gasteiger partial charge in [0.1, 0.15) is 5.69 Å². The number of thiophene rings is 1. The topological polar surface area (TPSA) is 17.8 Å². The summed E-state index contributed by atoms with van der Waals surface area (Å²) < 4.78 is 27.9. The lowest BCUT2D eigenvalue weighted by atomic mass is 10.3. The van der Waals surface area contributed by atoms with Crippen LogP contribution in [0.3, 0.4) is 0 Å². The molecule has 3 rings (SSSR count). The van der Waals surface area contributed by atoms with Crippen LogP contribution in [0.5, 0.6) is 0 Å². The fraction of sp³-hybridized carbons (Fsp3) is 0.0714. The highest BCUT2D eigenvalue weighted by molar-refractivity contribution is 7.19. The van der Waals surface area contributed by atoms with Gasteiger partial charge < -0.3 is 0 Å². The molecule has 0 spiro atoms. The Morgan fingerprint density at radius 2 is 1.85 bits per heavy atom. The standard InChI is InChI=1S/C14H9ClF2N2S/c15-13-7-6-12(20-13)11-8-10(14(16)17)18-19(11)9-4-2-1-3-5-9/h1-8,14H. The second-order valence-corrected chi connectivity index (χ2v) is 5.82. The first-order valence-electron chi connectivity index (χ1n) is 5.84. The van der Waals surface area contributed by atoms with Gasteiger partial charge in [0.25, 0.3) is 6.43 Å². The van der Waals surface area contributed by atoms with Crippen LogP contribution >= 0.6 is 22.9 Å². The van der Waals surface area contributed by atoms with Crippen LogP contribution in [0.4, 0.5) is 8.78 Å². The minimum absolute atomic E-state index is 0.242. The zero-order chi connectivity index (χ0) is 14.1. The van der Waals surface area contributed by atoms with Crippen molar-refractivity contribution in [3.8, 4) is 16.3 Å². The molecule has 6 heteroatoms. The van der Waals surface area contributed by atoms with Gasteiger partial charge in [0.05, 0.1) is 20.6 Å². The summed E-state index contributed by atoms with van der Waals surface area (Å²) in [6.45, 7) is 0. The Kier molecular flexibility index (Phi) is 3.54. The third-order valence-corrected chi connectivity index (χ3v) is 4.03. The molecule has 20 heavy (non-hydrogen) atoms. The number of benzene rings is 1.